The second kappa shape index (κ2) is 4.69. The zero-order valence-electron chi connectivity index (χ0n) is 10.3. The Morgan fingerprint density at radius 2 is 2.00 bits per heavy atom. The molecule has 2 fully saturated rings. The van der Waals surface area contributed by atoms with Gasteiger partial charge in [0.25, 0.3) is 0 Å². The fourth-order valence-electron chi connectivity index (χ4n) is 2.51. The maximum absolute atomic E-state index is 10.7. The summed E-state index contributed by atoms with van der Waals surface area (Å²) in [5.74, 6) is 0.822. The predicted molar refractivity (Wildman–Crippen MR) is 67.3 cm³/mol. The normalized spacial score (nSPS) is 19.2. The van der Waals surface area contributed by atoms with Gasteiger partial charge in [-0.05, 0) is 49.7 Å². The third-order valence-electron chi connectivity index (χ3n) is 3.85. The molecule has 2 aliphatic rings. The van der Waals surface area contributed by atoms with Gasteiger partial charge in [-0.1, -0.05) is 0 Å². The first-order chi connectivity index (χ1) is 8.74. The second-order valence-electron chi connectivity index (χ2n) is 5.42. The number of aromatic carboxylic acids is 1. The molecule has 1 aromatic rings. The first-order valence-electron chi connectivity index (χ1n) is 6.65. The summed E-state index contributed by atoms with van der Waals surface area (Å²) in [5.41, 5.74) is 1.17. The highest BCUT2D eigenvalue weighted by Crippen LogP contribution is 2.44. The van der Waals surface area contributed by atoms with Gasteiger partial charge in [-0.3, -0.25) is 4.98 Å². The van der Waals surface area contributed by atoms with Crippen LogP contribution in [0, 0.1) is 11.8 Å². The van der Waals surface area contributed by atoms with Gasteiger partial charge in [0.15, 0.2) is 0 Å². The summed E-state index contributed by atoms with van der Waals surface area (Å²) in [6.07, 6.45) is 6.88. The van der Waals surface area contributed by atoms with Crippen molar-refractivity contribution >= 4 is 5.97 Å². The largest absolute Gasteiger partial charge is 0.478 e. The van der Waals surface area contributed by atoms with E-state index in [1.165, 1.54) is 31.9 Å². The zero-order chi connectivity index (χ0) is 12.5. The van der Waals surface area contributed by atoms with Gasteiger partial charge < -0.3 is 10.4 Å². The lowest BCUT2D eigenvalue weighted by Gasteiger charge is -2.17. The quantitative estimate of drug-likeness (QED) is 0.806. The minimum atomic E-state index is -0.921. The monoisotopic (exact) mass is 246 g/mol. The van der Waals surface area contributed by atoms with Crippen LogP contribution in [0.4, 0.5) is 0 Å². The lowest BCUT2D eigenvalue weighted by Crippen LogP contribution is -2.32. The molecule has 0 unspecified atom stereocenters. The van der Waals surface area contributed by atoms with Gasteiger partial charge in [0.05, 0.1) is 11.3 Å². The average Bonchev–Trinajstić information content (AvgIpc) is 3.24. The molecule has 0 radical (unpaired) electrons. The lowest BCUT2D eigenvalue weighted by molar-refractivity contribution is 0.0696. The number of carboxylic acid groups (broad SMARTS) is 1. The molecule has 96 valence electrons. The van der Waals surface area contributed by atoms with Crippen molar-refractivity contribution in [3.8, 4) is 0 Å². The summed E-state index contributed by atoms with van der Waals surface area (Å²) in [4.78, 5) is 14.9. The molecule has 0 aromatic carbocycles. The highest BCUT2D eigenvalue weighted by molar-refractivity contribution is 5.87. The lowest BCUT2D eigenvalue weighted by atomic mass is 10.1. The van der Waals surface area contributed by atoms with Crippen molar-refractivity contribution in [2.75, 3.05) is 0 Å². The van der Waals surface area contributed by atoms with Crippen LogP contribution in [0.25, 0.3) is 0 Å². The van der Waals surface area contributed by atoms with Gasteiger partial charge in [-0.25, -0.2) is 4.79 Å². The van der Waals surface area contributed by atoms with Gasteiger partial charge in [0.1, 0.15) is 0 Å². The molecule has 2 aliphatic carbocycles. The van der Waals surface area contributed by atoms with Crippen molar-refractivity contribution in [1.82, 2.24) is 10.3 Å². The molecule has 0 bridgehead atoms. The number of carbonyl (C=O) groups is 1. The number of rotatable bonds is 6. The van der Waals surface area contributed by atoms with Crippen molar-refractivity contribution in [3.05, 3.63) is 29.6 Å². The summed E-state index contributed by atoms with van der Waals surface area (Å²) in [6, 6.07) is 4.08. The van der Waals surface area contributed by atoms with Gasteiger partial charge in [0.2, 0.25) is 0 Å². The molecule has 0 spiro atoms. The summed E-state index contributed by atoms with van der Waals surface area (Å²) in [5, 5.41) is 12.4. The number of aromatic nitrogens is 1. The molecular formula is C14H18N2O2. The van der Waals surface area contributed by atoms with Gasteiger partial charge in [-0.15, -0.1) is 0 Å². The second-order valence-corrected chi connectivity index (χ2v) is 5.42. The Hall–Kier alpha value is -1.42. The number of hydrogen-bond donors (Lipinski definition) is 2. The Labute approximate surface area is 106 Å². The number of nitrogens with one attached hydrogen (secondary N) is 1. The Balaban J connectivity index is 1.56. The molecule has 0 atom stereocenters. The van der Waals surface area contributed by atoms with Gasteiger partial charge in [-0.2, -0.15) is 0 Å². The molecule has 18 heavy (non-hydrogen) atoms. The van der Waals surface area contributed by atoms with Crippen molar-refractivity contribution in [1.29, 1.82) is 0 Å². The molecular weight excluding hydrogens is 228 g/mol. The van der Waals surface area contributed by atoms with E-state index in [-0.39, 0.29) is 5.56 Å². The minimum absolute atomic E-state index is 0.250. The summed E-state index contributed by atoms with van der Waals surface area (Å²) in [6.45, 7) is 0.748. The Kier molecular flexibility index (Phi) is 3.04. The van der Waals surface area contributed by atoms with E-state index < -0.39 is 5.97 Å². The molecule has 0 amide bonds. The van der Waals surface area contributed by atoms with Crippen molar-refractivity contribution in [3.63, 3.8) is 0 Å². The summed E-state index contributed by atoms with van der Waals surface area (Å²) >= 11 is 0. The van der Waals surface area contributed by atoms with Gasteiger partial charge >= 0.3 is 5.97 Å². The maximum atomic E-state index is 10.7. The van der Waals surface area contributed by atoms with E-state index in [1.807, 2.05) is 0 Å². The van der Waals surface area contributed by atoms with Crippen LogP contribution >= 0.6 is 0 Å². The number of carboxylic acids is 1. The zero-order valence-corrected chi connectivity index (χ0v) is 10.3. The third kappa shape index (κ3) is 2.70. The van der Waals surface area contributed by atoms with E-state index in [1.54, 1.807) is 12.1 Å². The molecule has 2 saturated carbocycles. The van der Waals surface area contributed by atoms with Crippen LogP contribution in [-0.4, -0.2) is 22.1 Å². The average molecular weight is 246 g/mol. The smallest absolute Gasteiger partial charge is 0.337 e. The van der Waals surface area contributed by atoms with Crippen LogP contribution in [0.3, 0.4) is 0 Å². The van der Waals surface area contributed by atoms with E-state index in [0.717, 1.165) is 24.1 Å². The Bertz CT molecular complexity index is 424. The highest BCUT2D eigenvalue weighted by atomic mass is 16.4. The van der Waals surface area contributed by atoms with Crippen LogP contribution in [0.2, 0.25) is 0 Å². The van der Waals surface area contributed by atoms with E-state index in [4.69, 9.17) is 5.11 Å². The number of hydrogen-bond acceptors (Lipinski definition) is 3. The molecule has 0 aliphatic heterocycles. The third-order valence-corrected chi connectivity index (χ3v) is 3.85. The van der Waals surface area contributed by atoms with Crippen LogP contribution in [0.15, 0.2) is 18.3 Å². The molecule has 1 aromatic heterocycles. The van der Waals surface area contributed by atoms with E-state index in [0.29, 0.717) is 6.04 Å². The fraction of sp³-hybridized carbons (Fsp3) is 0.571. The number of nitrogens with zero attached hydrogens (tertiary/aromatic N) is 1. The van der Waals surface area contributed by atoms with Crippen molar-refractivity contribution in [2.45, 2.75) is 38.3 Å². The summed E-state index contributed by atoms with van der Waals surface area (Å²) in [7, 11) is 0. The first-order valence-corrected chi connectivity index (χ1v) is 6.65. The minimum Gasteiger partial charge on any atom is -0.478 e. The van der Waals surface area contributed by atoms with Crippen LogP contribution in [-0.2, 0) is 6.54 Å². The van der Waals surface area contributed by atoms with Gasteiger partial charge in [0, 0.05) is 18.8 Å². The standard InChI is InChI=1S/C14H18N2O2/c17-14(18)11-5-6-12(15-7-11)8-16-13(9-1-2-9)10-3-4-10/h5-7,9-10,13,16H,1-4,8H2,(H,17,18). The Morgan fingerprint density at radius 1 is 1.33 bits per heavy atom. The molecule has 1 heterocycles. The van der Waals surface area contributed by atoms with Crippen molar-refractivity contribution in [2.24, 2.45) is 11.8 Å². The Morgan fingerprint density at radius 3 is 2.44 bits per heavy atom. The highest BCUT2D eigenvalue weighted by Gasteiger charge is 2.40. The predicted octanol–water partition coefficient (Wildman–Crippen LogP) is 2.06. The molecule has 0 saturated heterocycles. The van der Waals surface area contributed by atoms with E-state index in [2.05, 4.69) is 10.3 Å². The van der Waals surface area contributed by atoms with Crippen LogP contribution < -0.4 is 5.32 Å². The van der Waals surface area contributed by atoms with Crippen molar-refractivity contribution < 1.29 is 9.90 Å². The topological polar surface area (TPSA) is 62.2 Å². The number of pyridine rings is 1. The SMILES string of the molecule is O=C(O)c1ccc(CNC(C2CC2)C2CC2)nc1. The molecule has 4 nitrogen and oxygen atoms in total. The molecule has 2 N–H and O–H groups in total. The summed E-state index contributed by atoms with van der Waals surface area (Å²) < 4.78 is 0. The van der Waals surface area contributed by atoms with E-state index >= 15 is 0 Å². The first kappa shape index (κ1) is 11.7. The fourth-order valence-corrected chi connectivity index (χ4v) is 2.51. The maximum Gasteiger partial charge on any atom is 0.337 e. The van der Waals surface area contributed by atoms with Crippen LogP contribution in [0.5, 0.6) is 0 Å². The van der Waals surface area contributed by atoms with Crippen LogP contribution in [0.1, 0.15) is 41.7 Å². The van der Waals surface area contributed by atoms with E-state index in [9.17, 15) is 4.79 Å². The molecule has 3 rings (SSSR count). The molecule has 4 heteroatoms.